The summed E-state index contributed by atoms with van der Waals surface area (Å²) in [7, 11) is -1.49. The van der Waals surface area contributed by atoms with E-state index in [0.29, 0.717) is 11.0 Å². The standard InChI is InChI=1S/C12H11BO3/c14-12-7-2-1-6-11(12)9-4-3-5-10(8-9)13(15)16/h1-8,14-16H. The van der Waals surface area contributed by atoms with E-state index in [0.717, 1.165) is 5.56 Å². The van der Waals surface area contributed by atoms with Crippen LogP contribution in [0.2, 0.25) is 0 Å². The van der Waals surface area contributed by atoms with Gasteiger partial charge >= 0.3 is 7.12 Å². The molecule has 0 saturated carbocycles. The maximum absolute atomic E-state index is 9.67. The van der Waals surface area contributed by atoms with Gasteiger partial charge in [0.25, 0.3) is 0 Å². The minimum Gasteiger partial charge on any atom is -0.507 e. The lowest BCUT2D eigenvalue weighted by molar-refractivity contribution is 0.426. The normalized spacial score (nSPS) is 10.1. The molecule has 0 radical (unpaired) electrons. The molecule has 0 aliphatic rings. The highest BCUT2D eigenvalue weighted by Gasteiger charge is 2.12. The van der Waals surface area contributed by atoms with Crippen molar-refractivity contribution in [2.45, 2.75) is 0 Å². The molecule has 0 heterocycles. The molecule has 3 N–H and O–H groups in total. The quantitative estimate of drug-likeness (QED) is 0.646. The van der Waals surface area contributed by atoms with Crippen LogP contribution in [-0.2, 0) is 0 Å². The Kier molecular flexibility index (Phi) is 2.94. The number of para-hydroxylation sites is 1. The first-order valence-corrected chi connectivity index (χ1v) is 4.93. The van der Waals surface area contributed by atoms with Gasteiger partial charge in [0.2, 0.25) is 0 Å². The van der Waals surface area contributed by atoms with Crippen molar-refractivity contribution in [3.8, 4) is 16.9 Å². The highest BCUT2D eigenvalue weighted by molar-refractivity contribution is 6.58. The van der Waals surface area contributed by atoms with Crippen LogP contribution < -0.4 is 5.46 Å². The molecule has 2 aromatic carbocycles. The van der Waals surface area contributed by atoms with Crippen molar-refractivity contribution in [2.24, 2.45) is 0 Å². The number of hydrogen-bond donors (Lipinski definition) is 3. The van der Waals surface area contributed by atoms with E-state index in [1.807, 2.05) is 6.07 Å². The summed E-state index contributed by atoms with van der Waals surface area (Å²) in [6.45, 7) is 0. The van der Waals surface area contributed by atoms with E-state index < -0.39 is 7.12 Å². The van der Waals surface area contributed by atoms with Crippen LogP contribution in [0.1, 0.15) is 0 Å². The first-order chi connectivity index (χ1) is 7.68. The fraction of sp³-hybridized carbons (Fsp3) is 0. The zero-order chi connectivity index (χ0) is 11.5. The second kappa shape index (κ2) is 4.39. The van der Waals surface area contributed by atoms with E-state index in [1.165, 1.54) is 0 Å². The smallest absolute Gasteiger partial charge is 0.488 e. The van der Waals surface area contributed by atoms with Gasteiger partial charge in [-0.05, 0) is 17.1 Å². The lowest BCUT2D eigenvalue weighted by atomic mass is 9.79. The van der Waals surface area contributed by atoms with Gasteiger partial charge in [-0.3, -0.25) is 0 Å². The highest BCUT2D eigenvalue weighted by Crippen LogP contribution is 2.27. The molecule has 0 bridgehead atoms. The molecule has 2 rings (SSSR count). The molecule has 4 heteroatoms. The molecule has 0 saturated heterocycles. The molecular formula is C12H11BO3. The third-order valence-corrected chi connectivity index (χ3v) is 2.40. The average Bonchev–Trinajstić information content (AvgIpc) is 2.30. The molecule has 0 atom stereocenters. The van der Waals surface area contributed by atoms with Crippen molar-refractivity contribution >= 4 is 12.6 Å². The Bertz CT molecular complexity index is 497. The summed E-state index contributed by atoms with van der Waals surface area (Å²) < 4.78 is 0. The molecule has 0 fully saturated rings. The molecule has 16 heavy (non-hydrogen) atoms. The van der Waals surface area contributed by atoms with E-state index in [2.05, 4.69) is 0 Å². The molecule has 3 nitrogen and oxygen atoms in total. The highest BCUT2D eigenvalue weighted by atomic mass is 16.4. The fourth-order valence-corrected chi connectivity index (χ4v) is 1.58. The van der Waals surface area contributed by atoms with Crippen molar-refractivity contribution in [3.05, 3.63) is 48.5 Å². The zero-order valence-electron chi connectivity index (χ0n) is 8.54. The van der Waals surface area contributed by atoms with Gasteiger partial charge in [-0.2, -0.15) is 0 Å². The Morgan fingerprint density at radius 2 is 1.62 bits per heavy atom. The first kappa shape index (κ1) is 10.7. The topological polar surface area (TPSA) is 60.7 Å². The number of hydrogen-bond acceptors (Lipinski definition) is 3. The number of aromatic hydroxyl groups is 1. The van der Waals surface area contributed by atoms with Crippen molar-refractivity contribution in [1.29, 1.82) is 0 Å². The lowest BCUT2D eigenvalue weighted by Crippen LogP contribution is -2.29. The van der Waals surface area contributed by atoms with Crippen LogP contribution in [0.25, 0.3) is 11.1 Å². The monoisotopic (exact) mass is 214 g/mol. The number of phenols is 1. The lowest BCUT2D eigenvalue weighted by Gasteiger charge is -2.06. The molecule has 0 unspecified atom stereocenters. The van der Waals surface area contributed by atoms with Gasteiger partial charge < -0.3 is 15.2 Å². The van der Waals surface area contributed by atoms with E-state index in [9.17, 15) is 5.11 Å². The van der Waals surface area contributed by atoms with Gasteiger partial charge in [0.05, 0.1) is 0 Å². The van der Waals surface area contributed by atoms with Gasteiger partial charge in [-0.25, -0.2) is 0 Å². The Morgan fingerprint density at radius 3 is 2.31 bits per heavy atom. The molecule has 0 aliphatic heterocycles. The van der Waals surface area contributed by atoms with E-state index in [-0.39, 0.29) is 5.75 Å². The molecule has 2 aromatic rings. The van der Waals surface area contributed by atoms with Gasteiger partial charge in [0, 0.05) is 5.56 Å². The Labute approximate surface area is 93.8 Å². The van der Waals surface area contributed by atoms with Gasteiger partial charge in [-0.1, -0.05) is 42.5 Å². The van der Waals surface area contributed by atoms with E-state index >= 15 is 0 Å². The SMILES string of the molecule is OB(O)c1cccc(-c2ccccc2O)c1. The molecule has 0 aromatic heterocycles. The Hall–Kier alpha value is -1.78. The van der Waals surface area contributed by atoms with Crippen LogP contribution in [0.15, 0.2) is 48.5 Å². The third-order valence-electron chi connectivity index (χ3n) is 2.40. The third kappa shape index (κ3) is 2.08. The van der Waals surface area contributed by atoms with Crippen LogP contribution in [0.4, 0.5) is 0 Å². The van der Waals surface area contributed by atoms with Gasteiger partial charge in [-0.15, -0.1) is 0 Å². The summed E-state index contributed by atoms with van der Waals surface area (Å²) >= 11 is 0. The summed E-state index contributed by atoms with van der Waals surface area (Å²) in [5, 5.41) is 27.8. The van der Waals surface area contributed by atoms with E-state index in [4.69, 9.17) is 10.0 Å². The minimum absolute atomic E-state index is 0.173. The number of rotatable bonds is 2. The summed E-state index contributed by atoms with van der Waals surface area (Å²) in [6, 6.07) is 13.7. The molecular weight excluding hydrogens is 203 g/mol. The summed E-state index contributed by atoms with van der Waals surface area (Å²) in [5.74, 6) is 0.173. The molecule has 0 amide bonds. The fourth-order valence-electron chi connectivity index (χ4n) is 1.58. The van der Waals surface area contributed by atoms with E-state index in [1.54, 1.807) is 42.5 Å². The van der Waals surface area contributed by atoms with Gasteiger partial charge in [0.15, 0.2) is 0 Å². The Morgan fingerprint density at radius 1 is 0.875 bits per heavy atom. The predicted molar refractivity (Wildman–Crippen MR) is 63.4 cm³/mol. The summed E-state index contributed by atoms with van der Waals surface area (Å²) in [5.41, 5.74) is 1.83. The molecule has 80 valence electrons. The number of phenolic OH excluding ortho intramolecular Hbond substituents is 1. The van der Waals surface area contributed by atoms with Crippen LogP contribution >= 0.6 is 0 Å². The predicted octanol–water partition coefficient (Wildman–Crippen LogP) is 0.739. The average molecular weight is 214 g/mol. The second-order valence-electron chi connectivity index (χ2n) is 3.52. The summed E-state index contributed by atoms with van der Waals surface area (Å²) in [4.78, 5) is 0. The van der Waals surface area contributed by atoms with Crippen molar-refractivity contribution in [3.63, 3.8) is 0 Å². The second-order valence-corrected chi connectivity index (χ2v) is 3.52. The maximum Gasteiger partial charge on any atom is 0.488 e. The first-order valence-electron chi connectivity index (χ1n) is 4.93. The van der Waals surface area contributed by atoms with Crippen LogP contribution in [0.3, 0.4) is 0 Å². The minimum atomic E-state index is -1.49. The van der Waals surface area contributed by atoms with Crippen molar-refractivity contribution < 1.29 is 15.2 Å². The van der Waals surface area contributed by atoms with Crippen LogP contribution in [0, 0.1) is 0 Å². The van der Waals surface area contributed by atoms with Crippen LogP contribution in [-0.4, -0.2) is 22.3 Å². The van der Waals surface area contributed by atoms with Crippen molar-refractivity contribution in [1.82, 2.24) is 0 Å². The van der Waals surface area contributed by atoms with Gasteiger partial charge in [0.1, 0.15) is 5.75 Å². The van der Waals surface area contributed by atoms with Crippen molar-refractivity contribution in [2.75, 3.05) is 0 Å². The Balaban J connectivity index is 2.49. The summed E-state index contributed by atoms with van der Waals surface area (Å²) in [6.07, 6.45) is 0. The zero-order valence-corrected chi connectivity index (χ0v) is 8.54. The number of benzene rings is 2. The van der Waals surface area contributed by atoms with Crippen LogP contribution in [0.5, 0.6) is 5.75 Å². The largest absolute Gasteiger partial charge is 0.507 e. The molecule has 0 spiro atoms. The maximum atomic E-state index is 9.67. The molecule has 0 aliphatic carbocycles.